The molecule has 2 heteroatoms. The fraction of sp³-hybridized carbons (Fsp3) is 0.862. The molecule has 1 unspecified atom stereocenters. The Morgan fingerprint density at radius 2 is 1.13 bits per heavy atom. The molecule has 1 rings (SSSR count). The molecule has 1 aliphatic heterocycles. The molecule has 1 saturated heterocycles. The van der Waals surface area contributed by atoms with Crippen LogP contribution in [0.5, 0.6) is 0 Å². The van der Waals surface area contributed by atoms with Gasteiger partial charge in [-0.25, -0.2) is 0 Å². The molecule has 1 atom stereocenters. The van der Waals surface area contributed by atoms with Gasteiger partial charge in [-0.1, -0.05) is 102 Å². The Kier molecular flexibility index (Phi) is 22.1. The summed E-state index contributed by atoms with van der Waals surface area (Å²) in [6.07, 6.45) is 37.5. The normalized spacial score (nSPS) is 17.3. The standard InChI is InChI=1S/C29H54O2/c1-2-3-4-5-6-7-8-9-10-11-12-13-14-15-16-17-18-19-20-21-22-24-27-30-29-26-23-25-28-31-29/h15-16,19-20,29H,2-14,17-18,21-28H2,1H3/b16-15-,20-19-. The number of ether oxygens (including phenoxy) is 2. The highest BCUT2D eigenvalue weighted by Gasteiger charge is 2.12. The summed E-state index contributed by atoms with van der Waals surface area (Å²) < 4.78 is 11.4. The molecular formula is C29H54O2. The zero-order valence-corrected chi connectivity index (χ0v) is 21.0. The van der Waals surface area contributed by atoms with Gasteiger partial charge in [-0.05, 0) is 64.2 Å². The SMILES string of the molecule is CCCCCCCCCCCCCC/C=C\CC/C=C\CCCCOC1CCCCO1. The minimum atomic E-state index is 0.0750. The predicted molar refractivity (Wildman–Crippen MR) is 137 cm³/mol. The van der Waals surface area contributed by atoms with Crippen molar-refractivity contribution in [2.24, 2.45) is 0 Å². The molecule has 0 saturated carbocycles. The van der Waals surface area contributed by atoms with Gasteiger partial charge < -0.3 is 9.47 Å². The van der Waals surface area contributed by atoms with Crippen molar-refractivity contribution in [2.45, 2.75) is 148 Å². The summed E-state index contributed by atoms with van der Waals surface area (Å²) in [6, 6.07) is 0. The van der Waals surface area contributed by atoms with Gasteiger partial charge in [0.05, 0.1) is 0 Å². The van der Waals surface area contributed by atoms with Crippen LogP contribution in [-0.2, 0) is 9.47 Å². The van der Waals surface area contributed by atoms with Crippen LogP contribution >= 0.6 is 0 Å². The minimum absolute atomic E-state index is 0.0750. The molecule has 0 aromatic rings. The van der Waals surface area contributed by atoms with E-state index >= 15 is 0 Å². The third kappa shape index (κ3) is 21.0. The third-order valence-electron chi connectivity index (χ3n) is 6.26. The first-order valence-corrected chi connectivity index (χ1v) is 14.0. The summed E-state index contributed by atoms with van der Waals surface area (Å²) in [5.74, 6) is 0. The van der Waals surface area contributed by atoms with Crippen LogP contribution in [0.4, 0.5) is 0 Å². The van der Waals surface area contributed by atoms with Crippen molar-refractivity contribution >= 4 is 0 Å². The van der Waals surface area contributed by atoms with Crippen molar-refractivity contribution in [1.82, 2.24) is 0 Å². The predicted octanol–water partition coefficient (Wildman–Crippen LogP) is 9.68. The lowest BCUT2D eigenvalue weighted by molar-refractivity contribution is -0.162. The third-order valence-corrected chi connectivity index (χ3v) is 6.26. The minimum Gasteiger partial charge on any atom is -0.353 e. The molecule has 0 aliphatic carbocycles. The molecule has 1 heterocycles. The van der Waals surface area contributed by atoms with E-state index in [0.29, 0.717) is 0 Å². The van der Waals surface area contributed by atoms with E-state index < -0.39 is 0 Å². The Labute approximate surface area is 195 Å². The van der Waals surface area contributed by atoms with Gasteiger partial charge in [-0.2, -0.15) is 0 Å². The van der Waals surface area contributed by atoms with Gasteiger partial charge in [0.25, 0.3) is 0 Å². The Hall–Kier alpha value is -0.600. The van der Waals surface area contributed by atoms with Crippen LogP contribution in [0.1, 0.15) is 142 Å². The molecule has 1 aliphatic rings. The van der Waals surface area contributed by atoms with Crippen molar-refractivity contribution < 1.29 is 9.47 Å². The van der Waals surface area contributed by atoms with Gasteiger partial charge in [0.15, 0.2) is 6.29 Å². The Morgan fingerprint density at radius 3 is 1.68 bits per heavy atom. The largest absolute Gasteiger partial charge is 0.353 e. The van der Waals surface area contributed by atoms with Gasteiger partial charge >= 0.3 is 0 Å². The maximum absolute atomic E-state index is 5.77. The smallest absolute Gasteiger partial charge is 0.157 e. The molecule has 1 fully saturated rings. The van der Waals surface area contributed by atoms with E-state index in [1.54, 1.807) is 0 Å². The molecule has 0 spiro atoms. The average molecular weight is 435 g/mol. The molecule has 0 bridgehead atoms. The summed E-state index contributed by atoms with van der Waals surface area (Å²) in [5.41, 5.74) is 0. The topological polar surface area (TPSA) is 18.5 Å². The van der Waals surface area contributed by atoms with Crippen LogP contribution in [-0.4, -0.2) is 19.5 Å². The highest BCUT2D eigenvalue weighted by Crippen LogP contribution is 2.14. The second-order valence-electron chi connectivity index (χ2n) is 9.36. The Bertz CT molecular complexity index is 396. The molecular weight excluding hydrogens is 380 g/mol. The Balaban J connectivity index is 1.71. The summed E-state index contributed by atoms with van der Waals surface area (Å²) in [7, 11) is 0. The van der Waals surface area contributed by atoms with Crippen molar-refractivity contribution in [3.8, 4) is 0 Å². The van der Waals surface area contributed by atoms with Crippen LogP contribution in [0.25, 0.3) is 0 Å². The van der Waals surface area contributed by atoms with Crippen molar-refractivity contribution in [3.05, 3.63) is 24.3 Å². The molecule has 0 amide bonds. The number of hydrogen-bond donors (Lipinski definition) is 0. The lowest BCUT2D eigenvalue weighted by atomic mass is 10.0. The van der Waals surface area contributed by atoms with Crippen molar-refractivity contribution in [2.75, 3.05) is 13.2 Å². The van der Waals surface area contributed by atoms with Crippen LogP contribution in [0, 0.1) is 0 Å². The fourth-order valence-corrected chi connectivity index (χ4v) is 4.19. The summed E-state index contributed by atoms with van der Waals surface area (Å²) in [4.78, 5) is 0. The summed E-state index contributed by atoms with van der Waals surface area (Å²) >= 11 is 0. The monoisotopic (exact) mass is 434 g/mol. The van der Waals surface area contributed by atoms with Crippen molar-refractivity contribution in [3.63, 3.8) is 0 Å². The Morgan fingerprint density at radius 1 is 0.613 bits per heavy atom. The molecule has 182 valence electrons. The molecule has 0 aromatic carbocycles. The summed E-state index contributed by atoms with van der Waals surface area (Å²) in [5, 5.41) is 0. The fourth-order valence-electron chi connectivity index (χ4n) is 4.19. The van der Waals surface area contributed by atoms with E-state index in [-0.39, 0.29) is 6.29 Å². The van der Waals surface area contributed by atoms with Crippen LogP contribution in [0.3, 0.4) is 0 Å². The van der Waals surface area contributed by atoms with Gasteiger partial charge in [0, 0.05) is 13.2 Å². The van der Waals surface area contributed by atoms with Crippen LogP contribution in [0.15, 0.2) is 24.3 Å². The van der Waals surface area contributed by atoms with Crippen molar-refractivity contribution in [1.29, 1.82) is 0 Å². The van der Waals surface area contributed by atoms with E-state index in [4.69, 9.17) is 9.47 Å². The molecule has 0 radical (unpaired) electrons. The van der Waals surface area contributed by atoms with E-state index in [9.17, 15) is 0 Å². The second kappa shape index (κ2) is 24.1. The summed E-state index contributed by atoms with van der Waals surface area (Å²) in [6.45, 7) is 4.02. The maximum atomic E-state index is 5.77. The lowest BCUT2D eigenvalue weighted by Crippen LogP contribution is -2.22. The number of unbranched alkanes of at least 4 members (excludes halogenated alkanes) is 15. The van der Waals surface area contributed by atoms with E-state index in [0.717, 1.165) is 26.1 Å². The first-order chi connectivity index (χ1) is 15.4. The quantitative estimate of drug-likeness (QED) is 0.125. The molecule has 31 heavy (non-hydrogen) atoms. The number of hydrogen-bond acceptors (Lipinski definition) is 2. The first-order valence-electron chi connectivity index (χ1n) is 14.0. The lowest BCUT2D eigenvalue weighted by Gasteiger charge is -2.22. The van der Waals surface area contributed by atoms with E-state index in [2.05, 4.69) is 31.2 Å². The highest BCUT2D eigenvalue weighted by molar-refractivity contribution is 4.88. The number of allylic oxidation sites excluding steroid dienone is 4. The molecule has 0 aromatic heterocycles. The van der Waals surface area contributed by atoms with Gasteiger partial charge in [-0.15, -0.1) is 0 Å². The average Bonchev–Trinajstić information content (AvgIpc) is 2.80. The first kappa shape index (κ1) is 28.4. The zero-order valence-electron chi connectivity index (χ0n) is 21.0. The maximum Gasteiger partial charge on any atom is 0.157 e. The van der Waals surface area contributed by atoms with Gasteiger partial charge in [-0.3, -0.25) is 0 Å². The van der Waals surface area contributed by atoms with E-state index in [1.807, 2.05) is 0 Å². The zero-order chi connectivity index (χ0) is 22.1. The van der Waals surface area contributed by atoms with Gasteiger partial charge in [0.1, 0.15) is 0 Å². The highest BCUT2D eigenvalue weighted by atomic mass is 16.7. The van der Waals surface area contributed by atoms with E-state index in [1.165, 1.54) is 122 Å². The second-order valence-corrected chi connectivity index (χ2v) is 9.36. The van der Waals surface area contributed by atoms with Gasteiger partial charge in [0.2, 0.25) is 0 Å². The number of rotatable bonds is 22. The van der Waals surface area contributed by atoms with Crippen LogP contribution in [0.2, 0.25) is 0 Å². The molecule has 2 nitrogen and oxygen atoms in total. The molecule has 0 N–H and O–H groups in total. The van der Waals surface area contributed by atoms with Crippen LogP contribution < -0.4 is 0 Å².